The second-order valence-corrected chi connectivity index (χ2v) is 10.2. The molecule has 0 aliphatic heterocycles. The summed E-state index contributed by atoms with van der Waals surface area (Å²) < 4.78 is 5.36. The molecule has 0 saturated carbocycles. The molecule has 3 nitrogen and oxygen atoms in total. The standard InChI is InChI=1S/C21H26NP.C11H15NO/c1-3-6-15(7-4-2)20-19-12-11-18(23)14-17(19)10-9-16-8-5-13-22-21(16)20;1-8(2)13-11-6-4-5-10(7-11)9(3)12/h5,8,11-14H,3-4,6-7,9-10,23H2,1-2H3;4-7,9H,1,12H2,2-3H3. The molecule has 2 atom stereocenters. The van der Waals surface area contributed by atoms with Crippen molar-refractivity contribution < 1.29 is 4.74 Å². The SMILES string of the molecule is C=C(C)Oc1cccc(C(C)N)c1.CCCC(CCC)=C1c2ccc(P)cc2CCc2cccnc21. The molecule has 1 aromatic heterocycles. The van der Waals surface area contributed by atoms with Crippen molar-refractivity contribution in [3.05, 3.63) is 107 Å². The number of nitrogens with zero attached hydrogens (tertiary/aromatic N) is 1. The normalized spacial score (nSPS) is 12.9. The van der Waals surface area contributed by atoms with E-state index in [-0.39, 0.29) is 6.04 Å². The minimum absolute atomic E-state index is 0.0358. The minimum atomic E-state index is 0.0358. The molecule has 0 amide bonds. The van der Waals surface area contributed by atoms with Gasteiger partial charge in [-0.3, -0.25) is 4.98 Å². The van der Waals surface area contributed by atoms with E-state index in [0.717, 1.165) is 24.2 Å². The third kappa shape index (κ3) is 7.38. The maximum absolute atomic E-state index is 5.74. The summed E-state index contributed by atoms with van der Waals surface area (Å²) in [5.74, 6) is 1.48. The molecule has 0 bridgehead atoms. The van der Waals surface area contributed by atoms with Crippen molar-refractivity contribution in [2.75, 3.05) is 0 Å². The van der Waals surface area contributed by atoms with Gasteiger partial charge in [0.15, 0.2) is 0 Å². The van der Waals surface area contributed by atoms with Gasteiger partial charge in [-0.1, -0.05) is 75.2 Å². The molecular formula is C32H41N2OP. The number of aryl methyl sites for hydroxylation is 2. The molecule has 2 N–H and O–H groups in total. The van der Waals surface area contributed by atoms with Crippen LogP contribution in [0, 0.1) is 0 Å². The fraction of sp³-hybridized carbons (Fsp3) is 0.344. The predicted octanol–water partition coefficient (Wildman–Crippen LogP) is 7.70. The number of aromatic nitrogens is 1. The zero-order valence-electron chi connectivity index (χ0n) is 22.3. The molecule has 2 unspecified atom stereocenters. The van der Waals surface area contributed by atoms with Gasteiger partial charge in [0.2, 0.25) is 0 Å². The van der Waals surface area contributed by atoms with Gasteiger partial charge in [-0.2, -0.15) is 0 Å². The molecule has 1 heterocycles. The lowest BCUT2D eigenvalue weighted by Gasteiger charge is -2.17. The van der Waals surface area contributed by atoms with Gasteiger partial charge in [0, 0.05) is 17.8 Å². The highest BCUT2D eigenvalue weighted by Gasteiger charge is 2.21. The zero-order chi connectivity index (χ0) is 26.1. The average Bonchev–Trinajstić information content (AvgIpc) is 3.01. The number of hydrogen-bond donors (Lipinski definition) is 1. The second kappa shape index (κ2) is 13.5. The van der Waals surface area contributed by atoms with E-state index in [9.17, 15) is 0 Å². The van der Waals surface area contributed by atoms with E-state index in [4.69, 9.17) is 15.5 Å². The molecule has 1 aliphatic rings. The third-order valence-corrected chi connectivity index (χ3v) is 6.68. The Morgan fingerprint density at radius 2 is 1.75 bits per heavy atom. The maximum Gasteiger partial charge on any atom is 0.127 e. The molecule has 3 aromatic rings. The van der Waals surface area contributed by atoms with Crippen LogP contribution in [0.1, 0.15) is 87.4 Å². The smallest absolute Gasteiger partial charge is 0.127 e. The van der Waals surface area contributed by atoms with Gasteiger partial charge in [0.25, 0.3) is 0 Å². The Morgan fingerprint density at radius 3 is 2.42 bits per heavy atom. The number of pyridine rings is 1. The van der Waals surface area contributed by atoms with Gasteiger partial charge >= 0.3 is 0 Å². The quantitative estimate of drug-likeness (QED) is 0.267. The molecule has 36 heavy (non-hydrogen) atoms. The van der Waals surface area contributed by atoms with Gasteiger partial charge in [-0.25, -0.2) is 0 Å². The van der Waals surface area contributed by atoms with Crippen LogP contribution in [0.5, 0.6) is 5.75 Å². The summed E-state index contributed by atoms with van der Waals surface area (Å²) in [4.78, 5) is 4.80. The van der Waals surface area contributed by atoms with Crippen LogP contribution in [-0.2, 0) is 12.8 Å². The van der Waals surface area contributed by atoms with Crippen molar-refractivity contribution in [2.45, 2.75) is 72.3 Å². The fourth-order valence-electron chi connectivity index (χ4n) is 4.73. The van der Waals surface area contributed by atoms with E-state index < -0.39 is 0 Å². The van der Waals surface area contributed by atoms with Crippen molar-refractivity contribution in [1.82, 2.24) is 4.98 Å². The molecule has 2 aromatic carbocycles. The van der Waals surface area contributed by atoms with E-state index in [1.807, 2.05) is 44.3 Å². The lowest BCUT2D eigenvalue weighted by Crippen LogP contribution is -2.04. The van der Waals surface area contributed by atoms with Crippen molar-refractivity contribution in [1.29, 1.82) is 0 Å². The molecule has 4 heteroatoms. The summed E-state index contributed by atoms with van der Waals surface area (Å²) in [7, 11) is 2.84. The molecule has 190 valence electrons. The Bertz CT molecular complexity index is 1200. The van der Waals surface area contributed by atoms with Crippen LogP contribution in [0.2, 0.25) is 0 Å². The lowest BCUT2D eigenvalue weighted by molar-refractivity contribution is 0.429. The van der Waals surface area contributed by atoms with Gasteiger partial charge in [0.1, 0.15) is 5.75 Å². The van der Waals surface area contributed by atoms with E-state index in [1.54, 1.807) is 5.57 Å². The molecule has 1 aliphatic carbocycles. The monoisotopic (exact) mass is 500 g/mol. The summed E-state index contributed by atoms with van der Waals surface area (Å²) >= 11 is 0. The third-order valence-electron chi connectivity index (χ3n) is 6.32. The Hall–Kier alpha value is -2.74. The number of rotatable bonds is 7. The van der Waals surface area contributed by atoms with Crippen LogP contribution < -0.4 is 15.8 Å². The molecule has 0 spiro atoms. The first-order valence-corrected chi connectivity index (χ1v) is 13.7. The second-order valence-electron chi connectivity index (χ2n) is 9.57. The largest absolute Gasteiger partial charge is 0.463 e. The van der Waals surface area contributed by atoms with Crippen molar-refractivity contribution in [3.63, 3.8) is 0 Å². The highest BCUT2D eigenvalue weighted by molar-refractivity contribution is 7.27. The Balaban J connectivity index is 0.000000236. The van der Waals surface area contributed by atoms with Crippen LogP contribution in [-0.4, -0.2) is 4.98 Å². The van der Waals surface area contributed by atoms with E-state index >= 15 is 0 Å². The van der Waals surface area contributed by atoms with Crippen molar-refractivity contribution in [3.8, 4) is 5.75 Å². The Kier molecular flexibility index (Phi) is 10.5. The highest BCUT2D eigenvalue weighted by atomic mass is 31.0. The van der Waals surface area contributed by atoms with Crippen LogP contribution >= 0.6 is 9.24 Å². The number of fused-ring (bicyclic) bond motifs is 2. The predicted molar refractivity (Wildman–Crippen MR) is 158 cm³/mol. The van der Waals surface area contributed by atoms with E-state index in [0.29, 0.717) is 5.76 Å². The van der Waals surface area contributed by atoms with Gasteiger partial charge in [0.05, 0.1) is 11.5 Å². The Labute approximate surface area is 220 Å². The molecule has 0 saturated heterocycles. The number of benzene rings is 2. The summed E-state index contributed by atoms with van der Waals surface area (Å²) in [5.41, 5.74) is 15.3. The number of allylic oxidation sites excluding steroid dienone is 2. The summed E-state index contributed by atoms with van der Waals surface area (Å²) in [6.07, 6.45) is 8.85. The van der Waals surface area contributed by atoms with Crippen LogP contribution in [0.4, 0.5) is 0 Å². The maximum atomic E-state index is 5.74. The molecule has 0 radical (unpaired) electrons. The van der Waals surface area contributed by atoms with Gasteiger partial charge in [-0.15, -0.1) is 9.24 Å². The molecular weight excluding hydrogens is 459 g/mol. The van der Waals surface area contributed by atoms with E-state index in [1.165, 1.54) is 58.9 Å². The number of hydrogen-bond acceptors (Lipinski definition) is 3. The zero-order valence-corrected chi connectivity index (χ0v) is 23.5. The first-order chi connectivity index (χ1) is 17.3. The molecule has 4 rings (SSSR count). The summed E-state index contributed by atoms with van der Waals surface area (Å²) in [6, 6.07) is 19.0. The van der Waals surface area contributed by atoms with Crippen LogP contribution in [0.25, 0.3) is 5.57 Å². The molecule has 0 fully saturated rings. The van der Waals surface area contributed by atoms with Gasteiger partial charge < -0.3 is 10.5 Å². The average molecular weight is 501 g/mol. The highest BCUT2D eigenvalue weighted by Crippen LogP contribution is 2.37. The first-order valence-electron chi connectivity index (χ1n) is 13.1. The summed E-state index contributed by atoms with van der Waals surface area (Å²) in [5, 5.41) is 1.27. The number of ether oxygens (including phenoxy) is 1. The van der Waals surface area contributed by atoms with Crippen molar-refractivity contribution >= 4 is 20.1 Å². The lowest BCUT2D eigenvalue weighted by atomic mass is 9.89. The van der Waals surface area contributed by atoms with Crippen molar-refractivity contribution in [2.24, 2.45) is 5.73 Å². The Morgan fingerprint density at radius 1 is 1.03 bits per heavy atom. The summed E-state index contributed by atoms with van der Waals surface area (Å²) in [6.45, 7) is 12.0. The topological polar surface area (TPSA) is 48.1 Å². The number of nitrogens with two attached hydrogens (primary N) is 1. The van der Waals surface area contributed by atoms with Crippen LogP contribution in [0.15, 0.2) is 78.7 Å². The minimum Gasteiger partial charge on any atom is -0.463 e. The fourth-order valence-corrected chi connectivity index (χ4v) is 5.02. The van der Waals surface area contributed by atoms with Crippen LogP contribution in [0.3, 0.4) is 0 Å². The first kappa shape index (κ1) is 27.8. The van der Waals surface area contributed by atoms with Gasteiger partial charge in [-0.05, 0) is 85.3 Å². The van der Waals surface area contributed by atoms with E-state index in [2.05, 4.69) is 60.0 Å².